The van der Waals surface area contributed by atoms with E-state index in [-0.39, 0.29) is 5.75 Å². The van der Waals surface area contributed by atoms with Crippen LogP contribution in [0.25, 0.3) is 11.5 Å². The van der Waals surface area contributed by atoms with Crippen LogP contribution < -0.4 is 5.73 Å². The maximum atomic E-state index is 9.75. The highest BCUT2D eigenvalue weighted by atomic mass is 32.2. The summed E-state index contributed by atoms with van der Waals surface area (Å²) in [4.78, 5) is 0.951. The number of anilines is 1. The van der Waals surface area contributed by atoms with Crippen LogP contribution in [-0.4, -0.2) is 15.3 Å². The van der Waals surface area contributed by atoms with Crippen LogP contribution >= 0.6 is 11.8 Å². The van der Waals surface area contributed by atoms with Gasteiger partial charge in [0.1, 0.15) is 5.75 Å². The molecule has 5 nitrogen and oxygen atoms in total. The highest BCUT2D eigenvalue weighted by Crippen LogP contribution is 2.32. The summed E-state index contributed by atoms with van der Waals surface area (Å²) in [5, 5.41) is 18.0. The third-order valence-electron chi connectivity index (χ3n) is 2.63. The molecule has 1 aromatic heterocycles. The molecule has 0 radical (unpaired) electrons. The monoisotopic (exact) mass is 285 g/mol. The van der Waals surface area contributed by atoms with Gasteiger partial charge in [-0.05, 0) is 48.2 Å². The maximum Gasteiger partial charge on any atom is 0.281 e. The zero-order chi connectivity index (χ0) is 13.9. The number of aromatic hydroxyl groups is 1. The van der Waals surface area contributed by atoms with Crippen LogP contribution in [0.2, 0.25) is 0 Å². The van der Waals surface area contributed by atoms with Gasteiger partial charge in [0.25, 0.3) is 11.1 Å². The van der Waals surface area contributed by atoms with Gasteiger partial charge < -0.3 is 15.3 Å². The maximum absolute atomic E-state index is 9.75. The fraction of sp³-hybridized carbons (Fsp3) is 0. The van der Waals surface area contributed by atoms with Gasteiger partial charge in [0.2, 0.25) is 0 Å². The number of hydrogen-bond acceptors (Lipinski definition) is 6. The van der Waals surface area contributed by atoms with E-state index in [2.05, 4.69) is 10.2 Å². The summed E-state index contributed by atoms with van der Waals surface area (Å²) in [6.45, 7) is 0. The molecule has 3 N–H and O–H groups in total. The van der Waals surface area contributed by atoms with Crippen molar-refractivity contribution in [1.82, 2.24) is 10.2 Å². The Morgan fingerprint density at radius 2 is 1.75 bits per heavy atom. The van der Waals surface area contributed by atoms with Crippen molar-refractivity contribution in [3.63, 3.8) is 0 Å². The third-order valence-corrected chi connectivity index (χ3v) is 3.47. The molecule has 0 aliphatic rings. The van der Waals surface area contributed by atoms with Gasteiger partial charge in [0, 0.05) is 10.6 Å². The second-order valence-corrected chi connectivity index (χ2v) is 5.09. The molecule has 0 atom stereocenters. The average Bonchev–Trinajstić information content (AvgIpc) is 2.90. The Kier molecular flexibility index (Phi) is 3.30. The number of benzene rings is 2. The van der Waals surface area contributed by atoms with E-state index in [1.807, 2.05) is 24.3 Å². The van der Waals surface area contributed by atoms with Crippen LogP contribution in [0.15, 0.2) is 63.1 Å². The van der Waals surface area contributed by atoms with Crippen LogP contribution in [0.3, 0.4) is 0 Å². The van der Waals surface area contributed by atoms with E-state index >= 15 is 0 Å². The third kappa shape index (κ3) is 2.60. The number of hydrogen-bond donors (Lipinski definition) is 2. The predicted molar refractivity (Wildman–Crippen MR) is 76.4 cm³/mol. The van der Waals surface area contributed by atoms with E-state index in [0.29, 0.717) is 22.4 Å². The van der Waals surface area contributed by atoms with Crippen LogP contribution in [0, 0.1) is 0 Å². The first-order valence-electron chi connectivity index (χ1n) is 5.87. The fourth-order valence-electron chi connectivity index (χ4n) is 1.65. The summed E-state index contributed by atoms with van der Waals surface area (Å²) in [5.74, 6) is 0.404. The molecule has 2 aromatic carbocycles. The number of nitrogens with zero attached hydrogens (tertiary/aromatic N) is 2. The summed E-state index contributed by atoms with van der Waals surface area (Å²) < 4.78 is 5.53. The van der Waals surface area contributed by atoms with E-state index in [0.717, 1.165) is 4.90 Å². The molecule has 0 unspecified atom stereocenters. The molecular formula is C14H11N3O2S. The lowest BCUT2D eigenvalue weighted by molar-refractivity contribution is 0.452. The molecule has 0 spiro atoms. The standard InChI is InChI=1S/C14H11N3O2S/c15-9-5-7-10(8-6-9)20-14-17-16-13(19-14)11-3-1-2-4-12(11)18/h1-8,18H,15H2. The molecule has 6 heteroatoms. The quantitative estimate of drug-likeness (QED) is 0.719. The van der Waals surface area contributed by atoms with Gasteiger partial charge in [0.15, 0.2) is 0 Å². The fourth-order valence-corrected chi connectivity index (χ4v) is 2.33. The molecule has 0 saturated heterocycles. The summed E-state index contributed by atoms with van der Waals surface area (Å²) in [7, 11) is 0. The topological polar surface area (TPSA) is 85.2 Å². The van der Waals surface area contributed by atoms with Crippen LogP contribution in [0.5, 0.6) is 5.75 Å². The molecule has 3 rings (SSSR count). The Morgan fingerprint density at radius 3 is 2.50 bits per heavy atom. The zero-order valence-electron chi connectivity index (χ0n) is 10.4. The Balaban J connectivity index is 1.84. The molecule has 1 heterocycles. The van der Waals surface area contributed by atoms with Crippen molar-refractivity contribution in [1.29, 1.82) is 0 Å². The Labute approximate surface area is 119 Å². The van der Waals surface area contributed by atoms with Gasteiger partial charge >= 0.3 is 0 Å². The molecule has 0 amide bonds. The number of phenolic OH excluding ortho intramolecular Hbond substituents is 1. The SMILES string of the molecule is Nc1ccc(Sc2nnc(-c3ccccc3O)o2)cc1. The van der Waals surface area contributed by atoms with Gasteiger partial charge in [-0.15, -0.1) is 10.2 Å². The molecule has 0 aliphatic carbocycles. The summed E-state index contributed by atoms with van der Waals surface area (Å²) in [5.41, 5.74) is 6.85. The minimum absolute atomic E-state index is 0.111. The summed E-state index contributed by atoms with van der Waals surface area (Å²) in [6, 6.07) is 14.2. The van der Waals surface area contributed by atoms with Gasteiger partial charge in [-0.3, -0.25) is 0 Å². The molecule has 0 bridgehead atoms. The highest BCUT2D eigenvalue weighted by molar-refractivity contribution is 7.99. The van der Waals surface area contributed by atoms with E-state index in [1.165, 1.54) is 11.8 Å². The minimum atomic E-state index is 0.111. The second kappa shape index (κ2) is 5.26. The van der Waals surface area contributed by atoms with Crippen LogP contribution in [-0.2, 0) is 0 Å². The molecule has 20 heavy (non-hydrogen) atoms. The van der Waals surface area contributed by atoms with Crippen molar-refractivity contribution < 1.29 is 9.52 Å². The van der Waals surface area contributed by atoms with Crippen molar-refractivity contribution in [2.75, 3.05) is 5.73 Å². The largest absolute Gasteiger partial charge is 0.507 e. The summed E-state index contributed by atoms with van der Waals surface area (Å²) in [6.07, 6.45) is 0. The van der Waals surface area contributed by atoms with Crippen molar-refractivity contribution in [3.05, 3.63) is 48.5 Å². The first kappa shape index (κ1) is 12.6. The van der Waals surface area contributed by atoms with Gasteiger partial charge in [0.05, 0.1) is 5.56 Å². The van der Waals surface area contributed by atoms with Crippen molar-refractivity contribution in [2.24, 2.45) is 0 Å². The number of aromatic nitrogens is 2. The number of nitrogens with two attached hydrogens (primary N) is 1. The molecule has 100 valence electrons. The molecule has 0 saturated carbocycles. The smallest absolute Gasteiger partial charge is 0.281 e. The second-order valence-electron chi connectivity index (χ2n) is 4.06. The molecule has 0 fully saturated rings. The molecule has 0 aliphatic heterocycles. The number of nitrogen functional groups attached to an aromatic ring is 1. The lowest BCUT2D eigenvalue weighted by Gasteiger charge is -1.98. The predicted octanol–water partition coefficient (Wildman–Crippen LogP) is 3.18. The molecular weight excluding hydrogens is 274 g/mol. The van der Waals surface area contributed by atoms with Crippen LogP contribution in [0.4, 0.5) is 5.69 Å². The van der Waals surface area contributed by atoms with Gasteiger partial charge in [-0.25, -0.2) is 0 Å². The number of para-hydroxylation sites is 1. The minimum Gasteiger partial charge on any atom is -0.507 e. The van der Waals surface area contributed by atoms with E-state index in [4.69, 9.17) is 10.2 Å². The van der Waals surface area contributed by atoms with Crippen LogP contribution in [0.1, 0.15) is 0 Å². The number of phenols is 1. The first-order chi connectivity index (χ1) is 9.72. The highest BCUT2D eigenvalue weighted by Gasteiger charge is 2.12. The van der Waals surface area contributed by atoms with Gasteiger partial charge in [-0.1, -0.05) is 12.1 Å². The first-order valence-corrected chi connectivity index (χ1v) is 6.69. The van der Waals surface area contributed by atoms with Crippen molar-refractivity contribution in [2.45, 2.75) is 10.1 Å². The zero-order valence-corrected chi connectivity index (χ0v) is 11.2. The Morgan fingerprint density at radius 1 is 1.00 bits per heavy atom. The van der Waals surface area contributed by atoms with E-state index in [9.17, 15) is 5.11 Å². The normalized spacial score (nSPS) is 10.6. The van der Waals surface area contributed by atoms with E-state index in [1.54, 1.807) is 24.3 Å². The van der Waals surface area contributed by atoms with Crippen molar-refractivity contribution >= 4 is 17.4 Å². The van der Waals surface area contributed by atoms with Gasteiger partial charge in [-0.2, -0.15) is 0 Å². The van der Waals surface area contributed by atoms with E-state index < -0.39 is 0 Å². The summed E-state index contributed by atoms with van der Waals surface area (Å²) >= 11 is 1.34. The van der Waals surface area contributed by atoms with Crippen molar-refractivity contribution in [3.8, 4) is 17.2 Å². The Bertz CT molecular complexity index is 725. The average molecular weight is 285 g/mol. The number of rotatable bonds is 3. The lowest BCUT2D eigenvalue weighted by atomic mass is 10.2. The Hall–Kier alpha value is -2.47. The molecule has 3 aromatic rings. The lowest BCUT2D eigenvalue weighted by Crippen LogP contribution is -1.82.